The summed E-state index contributed by atoms with van der Waals surface area (Å²) in [5.41, 5.74) is 1.07. The van der Waals surface area contributed by atoms with E-state index in [0.717, 1.165) is 11.3 Å². The number of carbonyl (C=O) groups is 1. The first-order valence-corrected chi connectivity index (χ1v) is 6.22. The molecule has 0 unspecified atom stereocenters. The van der Waals surface area contributed by atoms with E-state index in [-0.39, 0.29) is 24.1 Å². The van der Waals surface area contributed by atoms with Crippen LogP contribution in [0.5, 0.6) is 5.75 Å². The lowest BCUT2D eigenvalue weighted by Gasteiger charge is -2.22. The third kappa shape index (κ3) is 4.40. The van der Waals surface area contributed by atoms with Crippen molar-refractivity contribution in [3.05, 3.63) is 29.8 Å². The molecule has 0 fully saturated rings. The van der Waals surface area contributed by atoms with Gasteiger partial charge in [-0.3, -0.25) is 0 Å². The molecule has 3 nitrogen and oxygen atoms in total. The lowest BCUT2D eigenvalue weighted by atomic mass is 9.86. The third-order valence-electron chi connectivity index (χ3n) is 2.41. The van der Waals surface area contributed by atoms with E-state index >= 15 is 0 Å². The van der Waals surface area contributed by atoms with Crippen molar-refractivity contribution in [2.75, 3.05) is 6.61 Å². The Labute approximate surface area is 109 Å². The van der Waals surface area contributed by atoms with Crippen LogP contribution in [0, 0.1) is 0 Å². The molecule has 0 saturated carbocycles. The number of hydrogen-bond donors (Lipinski definition) is 0. The minimum absolute atomic E-state index is 0.0153. The summed E-state index contributed by atoms with van der Waals surface area (Å²) in [4.78, 5) is 11.4. The largest absolute Gasteiger partial charge is 0.482 e. The molecule has 0 aliphatic rings. The topological polar surface area (TPSA) is 35.5 Å². The van der Waals surface area contributed by atoms with E-state index in [1.807, 2.05) is 38.1 Å². The molecular weight excluding hydrogens is 228 g/mol. The monoisotopic (exact) mass is 250 g/mol. The van der Waals surface area contributed by atoms with Crippen molar-refractivity contribution in [3.63, 3.8) is 0 Å². The highest BCUT2D eigenvalue weighted by atomic mass is 16.6. The Hall–Kier alpha value is -1.51. The van der Waals surface area contributed by atoms with Crippen LogP contribution in [0.25, 0.3) is 0 Å². The van der Waals surface area contributed by atoms with Crippen LogP contribution >= 0.6 is 0 Å². The maximum atomic E-state index is 11.4. The van der Waals surface area contributed by atoms with E-state index < -0.39 is 0 Å². The van der Waals surface area contributed by atoms with Crippen LogP contribution in [-0.2, 0) is 14.9 Å². The molecule has 1 rings (SSSR count). The molecule has 0 N–H and O–H groups in total. The summed E-state index contributed by atoms with van der Waals surface area (Å²) in [5.74, 6) is 0.402. The number of ether oxygens (including phenoxy) is 2. The first-order valence-electron chi connectivity index (χ1n) is 6.22. The molecule has 18 heavy (non-hydrogen) atoms. The average Bonchev–Trinajstić information content (AvgIpc) is 2.24. The van der Waals surface area contributed by atoms with Crippen molar-refractivity contribution in [2.45, 2.75) is 46.1 Å². The van der Waals surface area contributed by atoms with Gasteiger partial charge < -0.3 is 9.47 Å². The minimum Gasteiger partial charge on any atom is -0.482 e. The van der Waals surface area contributed by atoms with Crippen LogP contribution < -0.4 is 4.74 Å². The van der Waals surface area contributed by atoms with Crippen molar-refractivity contribution in [3.8, 4) is 5.75 Å². The van der Waals surface area contributed by atoms with Gasteiger partial charge in [0, 0.05) is 0 Å². The van der Waals surface area contributed by atoms with Crippen LogP contribution in [0.3, 0.4) is 0 Å². The summed E-state index contributed by atoms with van der Waals surface area (Å²) in [6.07, 6.45) is -0.112. The van der Waals surface area contributed by atoms with Crippen molar-refractivity contribution in [1.29, 1.82) is 0 Å². The Kier molecular flexibility index (Phi) is 4.76. The van der Waals surface area contributed by atoms with Crippen molar-refractivity contribution in [1.82, 2.24) is 0 Å². The van der Waals surface area contributed by atoms with E-state index in [0.29, 0.717) is 0 Å². The quantitative estimate of drug-likeness (QED) is 0.769. The number of benzene rings is 1. The van der Waals surface area contributed by atoms with Crippen molar-refractivity contribution < 1.29 is 14.3 Å². The predicted octanol–water partition coefficient (Wildman–Crippen LogP) is 3.31. The van der Waals surface area contributed by atoms with E-state index in [4.69, 9.17) is 9.47 Å². The fourth-order valence-electron chi connectivity index (χ4n) is 1.65. The van der Waals surface area contributed by atoms with Gasteiger partial charge in [0.05, 0.1) is 6.10 Å². The number of para-hydroxylation sites is 1. The fourth-order valence-corrected chi connectivity index (χ4v) is 1.65. The standard InChI is InChI=1S/C15H22O3/c1-11(2)18-14(16)10-17-13-9-7-6-8-12(13)15(3,4)5/h6-9,11H,10H2,1-5H3. The van der Waals surface area contributed by atoms with E-state index in [2.05, 4.69) is 20.8 Å². The molecule has 0 spiro atoms. The molecule has 0 saturated heterocycles. The molecule has 0 heterocycles. The van der Waals surface area contributed by atoms with Crippen molar-refractivity contribution >= 4 is 5.97 Å². The second-order valence-electron chi connectivity index (χ2n) is 5.57. The maximum Gasteiger partial charge on any atom is 0.344 e. The zero-order valence-corrected chi connectivity index (χ0v) is 11.8. The summed E-state index contributed by atoms with van der Waals surface area (Å²) in [6.45, 7) is 9.93. The van der Waals surface area contributed by atoms with Gasteiger partial charge in [-0.15, -0.1) is 0 Å². The fraction of sp³-hybridized carbons (Fsp3) is 0.533. The molecule has 100 valence electrons. The molecular formula is C15H22O3. The summed E-state index contributed by atoms with van der Waals surface area (Å²) < 4.78 is 10.6. The highest BCUT2D eigenvalue weighted by molar-refractivity contribution is 5.71. The number of carbonyl (C=O) groups excluding carboxylic acids is 1. The van der Waals surface area contributed by atoms with Crippen LogP contribution in [-0.4, -0.2) is 18.7 Å². The Morgan fingerprint density at radius 1 is 1.22 bits per heavy atom. The Morgan fingerprint density at radius 2 is 1.83 bits per heavy atom. The third-order valence-corrected chi connectivity index (χ3v) is 2.41. The van der Waals surface area contributed by atoms with Crippen LogP contribution in [0.15, 0.2) is 24.3 Å². The highest BCUT2D eigenvalue weighted by Crippen LogP contribution is 2.30. The molecule has 1 aromatic carbocycles. The van der Waals surface area contributed by atoms with E-state index in [9.17, 15) is 4.79 Å². The van der Waals surface area contributed by atoms with Crippen molar-refractivity contribution in [2.24, 2.45) is 0 Å². The maximum absolute atomic E-state index is 11.4. The van der Waals surface area contributed by atoms with E-state index in [1.165, 1.54) is 0 Å². The first-order chi connectivity index (χ1) is 8.30. The normalized spacial score (nSPS) is 11.4. The zero-order chi connectivity index (χ0) is 13.8. The summed E-state index contributed by atoms with van der Waals surface area (Å²) in [6, 6.07) is 7.77. The Balaban J connectivity index is 2.71. The van der Waals surface area contributed by atoms with Crippen LogP contribution in [0.1, 0.15) is 40.2 Å². The first kappa shape index (κ1) is 14.6. The summed E-state index contributed by atoms with van der Waals surface area (Å²) in [7, 11) is 0. The Bertz CT molecular complexity index is 402. The lowest BCUT2D eigenvalue weighted by Crippen LogP contribution is -2.20. The number of rotatable bonds is 4. The highest BCUT2D eigenvalue weighted by Gasteiger charge is 2.19. The minimum atomic E-state index is -0.339. The van der Waals surface area contributed by atoms with Gasteiger partial charge in [0.1, 0.15) is 5.75 Å². The second-order valence-corrected chi connectivity index (χ2v) is 5.57. The predicted molar refractivity (Wildman–Crippen MR) is 71.9 cm³/mol. The molecule has 0 bridgehead atoms. The summed E-state index contributed by atoms with van der Waals surface area (Å²) >= 11 is 0. The van der Waals surface area contributed by atoms with Gasteiger partial charge in [-0.25, -0.2) is 4.79 Å². The Morgan fingerprint density at radius 3 is 2.39 bits per heavy atom. The molecule has 0 aromatic heterocycles. The van der Waals surface area contributed by atoms with Gasteiger partial charge in [0.2, 0.25) is 0 Å². The molecule has 0 radical (unpaired) electrons. The second kappa shape index (κ2) is 5.89. The molecule has 1 aromatic rings. The molecule has 0 atom stereocenters. The van der Waals surface area contributed by atoms with Crippen LogP contribution in [0.4, 0.5) is 0 Å². The van der Waals surface area contributed by atoms with Gasteiger partial charge in [-0.1, -0.05) is 39.0 Å². The molecule has 3 heteroatoms. The molecule has 0 aliphatic carbocycles. The zero-order valence-electron chi connectivity index (χ0n) is 11.8. The smallest absolute Gasteiger partial charge is 0.344 e. The van der Waals surface area contributed by atoms with Gasteiger partial charge in [0.15, 0.2) is 6.61 Å². The van der Waals surface area contributed by atoms with Crippen LogP contribution in [0.2, 0.25) is 0 Å². The van der Waals surface area contributed by atoms with Gasteiger partial charge in [-0.2, -0.15) is 0 Å². The number of esters is 1. The van der Waals surface area contributed by atoms with Gasteiger partial charge in [-0.05, 0) is 30.9 Å². The average molecular weight is 250 g/mol. The van der Waals surface area contributed by atoms with Gasteiger partial charge in [0.25, 0.3) is 0 Å². The van der Waals surface area contributed by atoms with Gasteiger partial charge >= 0.3 is 5.97 Å². The number of hydrogen-bond acceptors (Lipinski definition) is 3. The molecule has 0 aliphatic heterocycles. The lowest BCUT2D eigenvalue weighted by molar-refractivity contribution is -0.149. The molecule has 0 amide bonds. The summed E-state index contributed by atoms with van der Waals surface area (Å²) in [5, 5.41) is 0. The SMILES string of the molecule is CC(C)OC(=O)COc1ccccc1C(C)(C)C. The van der Waals surface area contributed by atoms with E-state index in [1.54, 1.807) is 0 Å².